The number of rotatable bonds is 17. The van der Waals surface area contributed by atoms with Gasteiger partial charge in [0.1, 0.15) is 23.9 Å². The topological polar surface area (TPSA) is 97.3 Å². The predicted octanol–water partition coefficient (Wildman–Crippen LogP) is 4.52. The van der Waals surface area contributed by atoms with Crippen LogP contribution in [0.4, 0.5) is 9.18 Å². The molecule has 8 nitrogen and oxygen atoms in total. The smallest absolute Gasteiger partial charge is 0.333 e. The van der Waals surface area contributed by atoms with Gasteiger partial charge in [-0.25, -0.2) is 14.0 Å². The van der Waals surface area contributed by atoms with Crippen molar-refractivity contribution in [1.29, 1.82) is 0 Å². The molecule has 0 fully saturated rings. The minimum Gasteiger partial charge on any atom is -0.494 e. The number of amides is 2. The summed E-state index contributed by atoms with van der Waals surface area (Å²) in [6.45, 7) is 6.47. The average molecular weight is 505 g/mol. The summed E-state index contributed by atoms with van der Waals surface area (Å²) in [5.74, 6) is -0.0309. The predicted molar refractivity (Wildman–Crippen MR) is 135 cm³/mol. The Kier molecular flexibility index (Phi) is 13.1. The lowest BCUT2D eigenvalue weighted by molar-refractivity contribution is -0.149. The van der Waals surface area contributed by atoms with E-state index in [1.54, 1.807) is 36.1 Å². The summed E-state index contributed by atoms with van der Waals surface area (Å²) < 4.78 is 29.7. The van der Waals surface area contributed by atoms with Crippen LogP contribution in [0.3, 0.4) is 0 Å². The molecule has 1 unspecified atom stereocenters. The van der Waals surface area contributed by atoms with Crippen molar-refractivity contribution in [2.75, 3.05) is 39.5 Å². The van der Waals surface area contributed by atoms with E-state index >= 15 is 0 Å². The van der Waals surface area contributed by atoms with Crippen molar-refractivity contribution in [3.8, 4) is 11.5 Å². The van der Waals surface area contributed by atoms with E-state index in [9.17, 15) is 19.1 Å². The van der Waals surface area contributed by atoms with Gasteiger partial charge in [-0.3, -0.25) is 0 Å². The van der Waals surface area contributed by atoms with E-state index in [1.807, 2.05) is 19.1 Å². The molecule has 2 aromatic carbocycles. The van der Waals surface area contributed by atoms with Gasteiger partial charge in [-0.15, -0.1) is 0 Å². The maximum atomic E-state index is 13.0. The van der Waals surface area contributed by atoms with Crippen LogP contribution in [0.25, 0.3) is 0 Å². The molecule has 2 aromatic rings. The first kappa shape index (κ1) is 28.9. The first-order chi connectivity index (χ1) is 17.4. The standard InChI is InChI=1S/C27H37FN2O6/c1-3-15-29-27(33)30(16-5-6-18-35-24-13-9-22(28)10-14-24)17-19-36-23-11-7-21(8-12-23)20-25(26(31)32)34-4-2/h7-14,25H,3-6,15-20H2,1-2H3,(H,29,33)(H,31,32). The van der Waals surface area contributed by atoms with Crippen molar-refractivity contribution >= 4 is 12.0 Å². The van der Waals surface area contributed by atoms with E-state index < -0.39 is 12.1 Å². The summed E-state index contributed by atoms with van der Waals surface area (Å²) in [7, 11) is 0. The normalized spacial score (nSPS) is 11.5. The molecule has 198 valence electrons. The minimum atomic E-state index is -0.986. The number of urea groups is 1. The second kappa shape index (κ2) is 16.4. The second-order valence-corrected chi connectivity index (χ2v) is 8.21. The van der Waals surface area contributed by atoms with Gasteiger partial charge in [-0.05, 0) is 68.1 Å². The Bertz CT molecular complexity index is 907. The molecule has 0 heterocycles. The summed E-state index contributed by atoms with van der Waals surface area (Å²) in [6.07, 6.45) is 1.74. The Morgan fingerprint density at radius 3 is 2.19 bits per heavy atom. The molecule has 2 rings (SSSR count). The van der Waals surface area contributed by atoms with E-state index in [0.717, 1.165) is 24.8 Å². The minimum absolute atomic E-state index is 0.133. The molecule has 0 saturated carbocycles. The first-order valence-electron chi connectivity index (χ1n) is 12.4. The highest BCUT2D eigenvalue weighted by atomic mass is 19.1. The van der Waals surface area contributed by atoms with Crippen molar-refractivity contribution < 1.29 is 33.3 Å². The molecule has 1 atom stereocenters. The van der Waals surface area contributed by atoms with Crippen molar-refractivity contribution in [2.45, 2.75) is 45.6 Å². The summed E-state index contributed by atoms with van der Waals surface area (Å²) in [5.41, 5.74) is 0.839. The van der Waals surface area contributed by atoms with Crippen LogP contribution in [0.15, 0.2) is 48.5 Å². The van der Waals surface area contributed by atoms with E-state index in [0.29, 0.717) is 51.0 Å². The number of hydrogen-bond acceptors (Lipinski definition) is 5. The van der Waals surface area contributed by atoms with Crippen LogP contribution in [0.1, 0.15) is 38.7 Å². The van der Waals surface area contributed by atoms with E-state index in [4.69, 9.17) is 14.2 Å². The number of carbonyl (C=O) groups is 2. The summed E-state index contributed by atoms with van der Waals surface area (Å²) in [4.78, 5) is 25.5. The molecule has 2 amide bonds. The van der Waals surface area contributed by atoms with Crippen molar-refractivity contribution in [3.63, 3.8) is 0 Å². The SMILES string of the molecule is CCCNC(=O)N(CCCCOc1ccc(F)cc1)CCOc1ccc(CC(OCC)C(=O)O)cc1. The molecule has 0 radical (unpaired) electrons. The molecule has 0 spiro atoms. The first-order valence-corrected chi connectivity index (χ1v) is 12.4. The Morgan fingerprint density at radius 2 is 1.58 bits per heavy atom. The fourth-order valence-corrected chi connectivity index (χ4v) is 3.41. The highest BCUT2D eigenvalue weighted by Gasteiger charge is 2.18. The molecule has 0 saturated heterocycles. The van der Waals surface area contributed by atoms with E-state index in [1.165, 1.54) is 12.1 Å². The van der Waals surface area contributed by atoms with Gasteiger partial charge < -0.3 is 29.5 Å². The van der Waals surface area contributed by atoms with Crippen LogP contribution in [-0.4, -0.2) is 67.6 Å². The fraction of sp³-hybridized carbons (Fsp3) is 0.481. The number of nitrogens with zero attached hydrogens (tertiary/aromatic N) is 1. The number of aliphatic carboxylic acids is 1. The van der Waals surface area contributed by atoms with Gasteiger partial charge in [0.15, 0.2) is 6.10 Å². The van der Waals surface area contributed by atoms with Crippen molar-refractivity contribution in [3.05, 3.63) is 59.9 Å². The summed E-state index contributed by atoms with van der Waals surface area (Å²) >= 11 is 0. The zero-order chi connectivity index (χ0) is 26.2. The van der Waals surface area contributed by atoms with Gasteiger partial charge in [0, 0.05) is 26.1 Å². The van der Waals surface area contributed by atoms with Crippen LogP contribution in [0.2, 0.25) is 0 Å². The Balaban J connectivity index is 1.78. The quantitative estimate of drug-likeness (QED) is 0.308. The zero-order valence-electron chi connectivity index (χ0n) is 21.1. The molecule has 0 aliphatic carbocycles. The lowest BCUT2D eigenvalue weighted by Crippen LogP contribution is -2.42. The van der Waals surface area contributed by atoms with Gasteiger partial charge in [0.25, 0.3) is 0 Å². The Hall–Kier alpha value is -3.33. The molecule has 0 aliphatic heterocycles. The largest absolute Gasteiger partial charge is 0.494 e. The average Bonchev–Trinajstić information content (AvgIpc) is 2.87. The van der Waals surface area contributed by atoms with Crippen LogP contribution in [-0.2, 0) is 16.0 Å². The number of nitrogens with one attached hydrogen (secondary N) is 1. The molecular weight excluding hydrogens is 467 g/mol. The highest BCUT2D eigenvalue weighted by molar-refractivity contribution is 5.74. The third kappa shape index (κ3) is 10.9. The summed E-state index contributed by atoms with van der Waals surface area (Å²) in [5, 5.41) is 12.1. The molecule has 2 N–H and O–H groups in total. The van der Waals surface area contributed by atoms with Crippen LogP contribution in [0.5, 0.6) is 11.5 Å². The number of ether oxygens (including phenoxy) is 3. The number of benzene rings is 2. The van der Waals surface area contributed by atoms with Gasteiger partial charge >= 0.3 is 12.0 Å². The van der Waals surface area contributed by atoms with E-state index in [-0.39, 0.29) is 18.3 Å². The maximum absolute atomic E-state index is 13.0. The maximum Gasteiger partial charge on any atom is 0.333 e. The number of carbonyl (C=O) groups excluding carboxylic acids is 1. The van der Waals surface area contributed by atoms with Gasteiger partial charge in [0.05, 0.1) is 13.2 Å². The number of carboxylic acid groups (broad SMARTS) is 1. The molecule has 0 aliphatic rings. The lowest BCUT2D eigenvalue weighted by atomic mass is 10.1. The Labute approximate surface area is 212 Å². The van der Waals surface area contributed by atoms with Crippen molar-refractivity contribution in [1.82, 2.24) is 10.2 Å². The number of halogens is 1. The molecule has 36 heavy (non-hydrogen) atoms. The monoisotopic (exact) mass is 504 g/mol. The highest BCUT2D eigenvalue weighted by Crippen LogP contribution is 2.15. The van der Waals surface area contributed by atoms with Gasteiger partial charge in [-0.1, -0.05) is 19.1 Å². The summed E-state index contributed by atoms with van der Waals surface area (Å²) in [6, 6.07) is 13.0. The van der Waals surface area contributed by atoms with Crippen LogP contribution >= 0.6 is 0 Å². The Morgan fingerprint density at radius 1 is 0.944 bits per heavy atom. The molecular formula is C27H37FN2O6. The zero-order valence-corrected chi connectivity index (χ0v) is 21.1. The molecule has 0 aromatic heterocycles. The molecule has 0 bridgehead atoms. The van der Waals surface area contributed by atoms with Crippen LogP contribution in [0, 0.1) is 5.82 Å². The van der Waals surface area contributed by atoms with Crippen molar-refractivity contribution in [2.24, 2.45) is 0 Å². The van der Waals surface area contributed by atoms with Gasteiger partial charge in [-0.2, -0.15) is 0 Å². The lowest BCUT2D eigenvalue weighted by Gasteiger charge is -2.23. The second-order valence-electron chi connectivity index (χ2n) is 8.21. The number of unbranched alkanes of at least 4 members (excludes halogenated alkanes) is 1. The fourth-order valence-electron chi connectivity index (χ4n) is 3.41. The van der Waals surface area contributed by atoms with Crippen LogP contribution < -0.4 is 14.8 Å². The number of carboxylic acids is 1. The third-order valence-electron chi connectivity index (χ3n) is 5.34. The van der Waals surface area contributed by atoms with E-state index in [2.05, 4.69) is 5.32 Å². The van der Waals surface area contributed by atoms with Gasteiger partial charge in [0.2, 0.25) is 0 Å². The molecule has 9 heteroatoms. The third-order valence-corrected chi connectivity index (χ3v) is 5.34. The number of hydrogen-bond donors (Lipinski definition) is 2.